The van der Waals surface area contributed by atoms with Crippen molar-refractivity contribution in [3.63, 3.8) is 0 Å². The predicted octanol–water partition coefficient (Wildman–Crippen LogP) is 2.51. The minimum Gasteiger partial charge on any atom is -0.381 e. The van der Waals surface area contributed by atoms with E-state index in [2.05, 4.69) is 31.1 Å². The molecule has 3 heteroatoms. The Morgan fingerprint density at radius 2 is 2.17 bits per heavy atom. The van der Waals surface area contributed by atoms with E-state index >= 15 is 0 Å². The molecule has 2 unspecified atom stereocenters. The van der Waals surface area contributed by atoms with E-state index in [1.807, 2.05) is 0 Å². The van der Waals surface area contributed by atoms with Gasteiger partial charge in [-0.15, -0.1) is 0 Å². The number of likely N-dealkylation sites (N-methyl/N-ethyl adjacent to an activating group) is 1. The van der Waals surface area contributed by atoms with Crippen molar-refractivity contribution >= 4 is 0 Å². The highest BCUT2D eigenvalue weighted by molar-refractivity contribution is 4.73. The Hall–Kier alpha value is -0.120. The smallest absolute Gasteiger partial charge is 0.0506 e. The Labute approximate surface area is 113 Å². The van der Waals surface area contributed by atoms with Gasteiger partial charge in [0.1, 0.15) is 0 Å². The van der Waals surface area contributed by atoms with Gasteiger partial charge in [0.2, 0.25) is 0 Å². The molecule has 1 rings (SSSR count). The van der Waals surface area contributed by atoms with Crippen LogP contribution in [0, 0.1) is 5.92 Å². The second kappa shape index (κ2) is 9.76. The van der Waals surface area contributed by atoms with Gasteiger partial charge in [0.15, 0.2) is 0 Å². The van der Waals surface area contributed by atoms with Crippen molar-refractivity contribution in [3.05, 3.63) is 0 Å². The molecule has 1 N–H and O–H groups in total. The summed E-state index contributed by atoms with van der Waals surface area (Å²) >= 11 is 0. The summed E-state index contributed by atoms with van der Waals surface area (Å²) in [5, 5.41) is 3.67. The van der Waals surface area contributed by atoms with Crippen LogP contribution in [0.2, 0.25) is 0 Å². The first-order valence-electron chi connectivity index (χ1n) is 7.75. The topological polar surface area (TPSA) is 24.5 Å². The zero-order valence-electron chi connectivity index (χ0n) is 12.6. The van der Waals surface area contributed by atoms with Gasteiger partial charge in [-0.2, -0.15) is 0 Å². The summed E-state index contributed by atoms with van der Waals surface area (Å²) in [5.74, 6) is 0.747. The van der Waals surface area contributed by atoms with Crippen molar-refractivity contribution in [3.8, 4) is 0 Å². The normalized spacial score (nSPS) is 22.3. The molecule has 18 heavy (non-hydrogen) atoms. The predicted molar refractivity (Wildman–Crippen MR) is 78.0 cm³/mol. The summed E-state index contributed by atoms with van der Waals surface area (Å²) in [4.78, 5) is 2.49. The van der Waals surface area contributed by atoms with Crippen molar-refractivity contribution in [1.82, 2.24) is 10.2 Å². The van der Waals surface area contributed by atoms with E-state index in [9.17, 15) is 0 Å². The lowest BCUT2D eigenvalue weighted by molar-refractivity contribution is 0.0408. The van der Waals surface area contributed by atoms with E-state index < -0.39 is 0 Å². The van der Waals surface area contributed by atoms with Crippen LogP contribution in [-0.4, -0.2) is 50.8 Å². The van der Waals surface area contributed by atoms with Crippen LogP contribution >= 0.6 is 0 Å². The van der Waals surface area contributed by atoms with Crippen LogP contribution < -0.4 is 5.32 Å². The summed E-state index contributed by atoms with van der Waals surface area (Å²) < 4.78 is 5.56. The number of nitrogens with zero attached hydrogens (tertiary/aromatic N) is 1. The van der Waals surface area contributed by atoms with Crippen LogP contribution in [0.3, 0.4) is 0 Å². The van der Waals surface area contributed by atoms with Gasteiger partial charge in [0.25, 0.3) is 0 Å². The van der Waals surface area contributed by atoms with Gasteiger partial charge >= 0.3 is 0 Å². The molecule has 0 spiro atoms. The molecule has 1 fully saturated rings. The maximum atomic E-state index is 5.56. The van der Waals surface area contributed by atoms with Gasteiger partial charge < -0.3 is 15.0 Å². The summed E-state index contributed by atoms with van der Waals surface area (Å²) in [6, 6.07) is 0.657. The second-order valence-corrected chi connectivity index (χ2v) is 5.74. The maximum absolute atomic E-state index is 5.56. The highest BCUT2D eigenvalue weighted by Gasteiger charge is 2.17. The fourth-order valence-corrected chi connectivity index (χ4v) is 2.80. The SMILES string of the molecule is CCCNC(CCC)CN(C)CC1CCCOC1. The van der Waals surface area contributed by atoms with Crippen LogP contribution in [0.25, 0.3) is 0 Å². The Bertz CT molecular complexity index is 193. The first kappa shape index (κ1) is 15.9. The van der Waals surface area contributed by atoms with Crippen molar-refractivity contribution < 1.29 is 4.74 Å². The van der Waals surface area contributed by atoms with Crippen LogP contribution in [0.15, 0.2) is 0 Å². The van der Waals surface area contributed by atoms with Crippen LogP contribution in [0.1, 0.15) is 46.0 Å². The van der Waals surface area contributed by atoms with Crippen molar-refractivity contribution in [2.45, 2.75) is 52.0 Å². The average Bonchev–Trinajstić information content (AvgIpc) is 2.37. The number of ether oxygens (including phenoxy) is 1. The molecule has 3 nitrogen and oxygen atoms in total. The number of hydrogen-bond acceptors (Lipinski definition) is 3. The Kier molecular flexibility index (Phi) is 8.64. The fourth-order valence-electron chi connectivity index (χ4n) is 2.80. The lowest BCUT2D eigenvalue weighted by Crippen LogP contribution is -2.42. The highest BCUT2D eigenvalue weighted by Crippen LogP contribution is 2.14. The molecule has 0 aromatic rings. The summed E-state index contributed by atoms with van der Waals surface area (Å²) in [6.45, 7) is 9.94. The minimum atomic E-state index is 0.657. The Balaban J connectivity index is 2.23. The van der Waals surface area contributed by atoms with Crippen molar-refractivity contribution in [2.75, 3.05) is 39.9 Å². The monoisotopic (exact) mass is 256 g/mol. The van der Waals surface area contributed by atoms with Gasteiger partial charge in [-0.25, -0.2) is 0 Å². The fraction of sp³-hybridized carbons (Fsp3) is 1.00. The first-order valence-corrected chi connectivity index (χ1v) is 7.75. The molecule has 0 radical (unpaired) electrons. The molecule has 0 aromatic heterocycles. The zero-order valence-corrected chi connectivity index (χ0v) is 12.6. The van der Waals surface area contributed by atoms with Gasteiger partial charge in [-0.1, -0.05) is 20.3 Å². The molecular formula is C15H32N2O. The lowest BCUT2D eigenvalue weighted by Gasteiger charge is -2.30. The maximum Gasteiger partial charge on any atom is 0.0506 e. The lowest BCUT2D eigenvalue weighted by atomic mass is 10.0. The van der Waals surface area contributed by atoms with E-state index in [4.69, 9.17) is 4.74 Å². The molecule has 1 saturated heterocycles. The Morgan fingerprint density at radius 1 is 1.33 bits per heavy atom. The third-order valence-corrected chi connectivity index (χ3v) is 3.68. The van der Waals surface area contributed by atoms with Gasteiger partial charge in [-0.3, -0.25) is 0 Å². The van der Waals surface area contributed by atoms with Crippen LogP contribution in [-0.2, 0) is 4.74 Å². The third-order valence-electron chi connectivity index (χ3n) is 3.68. The zero-order chi connectivity index (χ0) is 13.2. The molecule has 1 aliphatic rings. The van der Waals surface area contributed by atoms with Gasteiger partial charge in [-0.05, 0) is 45.2 Å². The number of rotatable bonds is 9. The first-order chi connectivity index (χ1) is 8.76. The molecule has 0 amide bonds. The molecular weight excluding hydrogens is 224 g/mol. The number of hydrogen-bond donors (Lipinski definition) is 1. The van der Waals surface area contributed by atoms with E-state index in [0.29, 0.717) is 6.04 Å². The van der Waals surface area contributed by atoms with Crippen molar-refractivity contribution in [2.24, 2.45) is 5.92 Å². The molecule has 0 aromatic carbocycles. The summed E-state index contributed by atoms with van der Waals surface area (Å²) in [6.07, 6.45) is 6.35. The summed E-state index contributed by atoms with van der Waals surface area (Å²) in [5.41, 5.74) is 0. The van der Waals surface area contributed by atoms with E-state index in [1.165, 1.54) is 45.2 Å². The van der Waals surface area contributed by atoms with Crippen LogP contribution in [0.5, 0.6) is 0 Å². The van der Waals surface area contributed by atoms with E-state index in [1.54, 1.807) is 0 Å². The molecule has 1 aliphatic heterocycles. The molecule has 0 saturated carbocycles. The molecule has 1 heterocycles. The van der Waals surface area contributed by atoms with Gasteiger partial charge in [0, 0.05) is 25.7 Å². The van der Waals surface area contributed by atoms with Crippen LogP contribution in [0.4, 0.5) is 0 Å². The standard InChI is InChI=1S/C15H32N2O/c1-4-7-15(16-9-5-2)12-17(3)11-14-8-6-10-18-13-14/h14-16H,4-13H2,1-3H3. The Morgan fingerprint density at radius 3 is 2.78 bits per heavy atom. The summed E-state index contributed by atoms with van der Waals surface area (Å²) in [7, 11) is 2.25. The van der Waals surface area contributed by atoms with Gasteiger partial charge in [0.05, 0.1) is 6.61 Å². The molecule has 0 bridgehead atoms. The average molecular weight is 256 g/mol. The molecule has 0 aliphatic carbocycles. The number of nitrogens with one attached hydrogen (secondary N) is 1. The molecule has 108 valence electrons. The largest absolute Gasteiger partial charge is 0.381 e. The van der Waals surface area contributed by atoms with E-state index in [0.717, 1.165) is 25.7 Å². The van der Waals surface area contributed by atoms with Crippen molar-refractivity contribution in [1.29, 1.82) is 0 Å². The molecule has 2 atom stereocenters. The minimum absolute atomic E-state index is 0.657. The third kappa shape index (κ3) is 6.72. The highest BCUT2D eigenvalue weighted by atomic mass is 16.5. The quantitative estimate of drug-likeness (QED) is 0.686. The second-order valence-electron chi connectivity index (χ2n) is 5.74. The van der Waals surface area contributed by atoms with E-state index in [-0.39, 0.29) is 0 Å².